The van der Waals surface area contributed by atoms with Crippen LogP contribution in [0.2, 0.25) is 5.02 Å². The van der Waals surface area contributed by atoms with Gasteiger partial charge in [0.25, 0.3) is 5.91 Å². The van der Waals surface area contributed by atoms with Crippen LogP contribution in [0.5, 0.6) is 5.75 Å². The molecule has 0 heterocycles. The molecule has 23 heavy (non-hydrogen) atoms. The summed E-state index contributed by atoms with van der Waals surface area (Å²) in [5, 5.41) is 11.3. The lowest BCUT2D eigenvalue weighted by molar-refractivity contribution is -0.140. The summed E-state index contributed by atoms with van der Waals surface area (Å²) in [4.78, 5) is 23.2. The Balaban J connectivity index is 2.91. The van der Waals surface area contributed by atoms with Crippen LogP contribution >= 0.6 is 11.6 Å². The Morgan fingerprint density at radius 2 is 2.13 bits per heavy atom. The molecule has 1 rings (SSSR count). The first-order valence-electron chi connectivity index (χ1n) is 6.31. The van der Waals surface area contributed by atoms with Crippen molar-refractivity contribution in [3.63, 3.8) is 0 Å². The molecule has 0 spiro atoms. The largest absolute Gasteiger partial charge is 0.480 e. The lowest BCUT2D eigenvalue weighted by atomic mass is 10.1. The van der Waals surface area contributed by atoms with Crippen LogP contribution in [0, 0.1) is 0 Å². The third-order valence-corrected chi connectivity index (χ3v) is 2.76. The van der Waals surface area contributed by atoms with Crippen molar-refractivity contribution >= 4 is 23.5 Å². The Morgan fingerprint density at radius 1 is 1.43 bits per heavy atom. The number of ether oxygens (including phenoxy) is 2. The smallest absolute Gasteiger partial charge is 0.387 e. The first kappa shape index (κ1) is 18.9. The quantitative estimate of drug-likeness (QED) is 0.528. The van der Waals surface area contributed by atoms with Crippen molar-refractivity contribution in [1.82, 2.24) is 5.32 Å². The molecule has 0 aliphatic heterocycles. The molecule has 0 fully saturated rings. The van der Waals surface area contributed by atoms with Gasteiger partial charge in [0.1, 0.15) is 5.75 Å². The standard InChI is InChI=1S/C14H14ClF2NO5/c1-2-5-22-7-10(13(20)21)18-12(19)9-6-8(15)3-4-11(9)23-14(16)17/h2-4,6,10,14H,1,5,7H2,(H,18,19)(H,20,21). The highest BCUT2D eigenvalue weighted by molar-refractivity contribution is 6.31. The monoisotopic (exact) mass is 349 g/mol. The van der Waals surface area contributed by atoms with Crippen LogP contribution in [0.4, 0.5) is 8.78 Å². The maximum Gasteiger partial charge on any atom is 0.387 e. The number of carboxylic acids is 1. The van der Waals surface area contributed by atoms with Crippen molar-refractivity contribution in [3.05, 3.63) is 41.4 Å². The first-order chi connectivity index (χ1) is 10.8. The predicted molar refractivity (Wildman–Crippen MR) is 78.0 cm³/mol. The average Bonchev–Trinajstić information content (AvgIpc) is 2.47. The topological polar surface area (TPSA) is 84.9 Å². The highest BCUT2D eigenvalue weighted by Crippen LogP contribution is 2.24. The number of aliphatic carboxylic acids is 1. The Morgan fingerprint density at radius 3 is 2.70 bits per heavy atom. The molecule has 0 aliphatic carbocycles. The van der Waals surface area contributed by atoms with Gasteiger partial charge in [0, 0.05) is 5.02 Å². The number of nitrogens with one attached hydrogen (secondary N) is 1. The molecule has 9 heteroatoms. The number of halogens is 3. The molecule has 2 N–H and O–H groups in total. The van der Waals surface area contributed by atoms with E-state index in [1.54, 1.807) is 0 Å². The lowest BCUT2D eigenvalue weighted by Gasteiger charge is -2.16. The van der Waals surface area contributed by atoms with Crippen LogP contribution in [0.3, 0.4) is 0 Å². The second-order valence-electron chi connectivity index (χ2n) is 4.21. The molecule has 0 saturated heterocycles. The average molecular weight is 350 g/mol. The molecule has 1 aromatic carbocycles. The number of rotatable bonds is 9. The van der Waals surface area contributed by atoms with Gasteiger partial charge in [-0.05, 0) is 18.2 Å². The highest BCUT2D eigenvalue weighted by Gasteiger charge is 2.23. The third-order valence-electron chi connectivity index (χ3n) is 2.53. The maximum atomic E-state index is 12.4. The number of amides is 1. The molecule has 1 amide bonds. The number of carboxylic acid groups (broad SMARTS) is 1. The summed E-state index contributed by atoms with van der Waals surface area (Å²) in [5.74, 6) is -2.70. The number of alkyl halides is 2. The van der Waals surface area contributed by atoms with Gasteiger partial charge in [0.15, 0.2) is 6.04 Å². The summed E-state index contributed by atoms with van der Waals surface area (Å²) in [6.07, 6.45) is 1.41. The molecule has 126 valence electrons. The Labute approximate surface area is 135 Å². The number of carbonyl (C=O) groups is 2. The zero-order valence-corrected chi connectivity index (χ0v) is 12.6. The van der Waals surface area contributed by atoms with Gasteiger partial charge in [-0.2, -0.15) is 8.78 Å². The lowest BCUT2D eigenvalue weighted by Crippen LogP contribution is -2.44. The molecule has 6 nitrogen and oxygen atoms in total. The summed E-state index contributed by atoms with van der Waals surface area (Å²) >= 11 is 5.72. The normalized spacial score (nSPS) is 11.8. The third kappa shape index (κ3) is 6.21. The van der Waals surface area contributed by atoms with Crippen LogP contribution in [0.25, 0.3) is 0 Å². The van der Waals surface area contributed by atoms with Crippen LogP contribution in [0.15, 0.2) is 30.9 Å². The van der Waals surface area contributed by atoms with Gasteiger partial charge in [0.05, 0.1) is 18.8 Å². The van der Waals surface area contributed by atoms with E-state index in [1.807, 2.05) is 0 Å². The van der Waals surface area contributed by atoms with E-state index >= 15 is 0 Å². The van der Waals surface area contributed by atoms with Gasteiger partial charge in [-0.25, -0.2) is 4.79 Å². The van der Waals surface area contributed by atoms with Gasteiger partial charge >= 0.3 is 12.6 Å². The zero-order chi connectivity index (χ0) is 17.4. The Bertz CT molecular complexity index is 582. The van der Waals surface area contributed by atoms with Crippen molar-refractivity contribution in [2.75, 3.05) is 13.2 Å². The van der Waals surface area contributed by atoms with Crippen LogP contribution < -0.4 is 10.1 Å². The minimum Gasteiger partial charge on any atom is -0.480 e. The summed E-state index contributed by atoms with van der Waals surface area (Å²) in [5.41, 5.74) is -0.312. The second kappa shape index (κ2) is 9.06. The van der Waals surface area contributed by atoms with Crippen molar-refractivity contribution in [2.45, 2.75) is 12.7 Å². The Kier molecular flexibility index (Phi) is 7.43. The fourth-order valence-corrected chi connectivity index (χ4v) is 1.73. The van der Waals surface area contributed by atoms with Crippen molar-refractivity contribution < 1.29 is 33.0 Å². The van der Waals surface area contributed by atoms with E-state index in [4.69, 9.17) is 21.4 Å². The summed E-state index contributed by atoms with van der Waals surface area (Å²) in [7, 11) is 0. The van der Waals surface area contributed by atoms with E-state index in [0.717, 1.165) is 12.1 Å². The zero-order valence-electron chi connectivity index (χ0n) is 11.8. The van der Waals surface area contributed by atoms with Crippen LogP contribution in [0.1, 0.15) is 10.4 Å². The summed E-state index contributed by atoms with van der Waals surface area (Å²) < 4.78 is 33.9. The van der Waals surface area contributed by atoms with Crippen molar-refractivity contribution in [1.29, 1.82) is 0 Å². The van der Waals surface area contributed by atoms with E-state index in [2.05, 4.69) is 16.6 Å². The van der Waals surface area contributed by atoms with Gasteiger partial charge < -0.3 is 19.9 Å². The molecule has 1 unspecified atom stereocenters. The summed E-state index contributed by atoms with van der Waals surface area (Å²) in [6, 6.07) is 2.07. The van der Waals surface area contributed by atoms with Crippen LogP contribution in [-0.2, 0) is 9.53 Å². The van der Waals surface area contributed by atoms with E-state index < -0.39 is 30.3 Å². The van der Waals surface area contributed by atoms with Gasteiger partial charge in [-0.1, -0.05) is 17.7 Å². The van der Waals surface area contributed by atoms with E-state index in [9.17, 15) is 18.4 Å². The van der Waals surface area contributed by atoms with Crippen LogP contribution in [-0.4, -0.2) is 42.9 Å². The minimum atomic E-state index is -3.14. The first-order valence-corrected chi connectivity index (χ1v) is 6.69. The molecule has 0 bridgehead atoms. The maximum absolute atomic E-state index is 12.4. The molecule has 0 saturated carbocycles. The van der Waals surface area contributed by atoms with E-state index in [-0.39, 0.29) is 23.8 Å². The van der Waals surface area contributed by atoms with Crippen molar-refractivity contribution in [2.24, 2.45) is 0 Å². The molecule has 0 aromatic heterocycles. The molecular formula is C14H14ClF2NO5. The van der Waals surface area contributed by atoms with Gasteiger partial charge in [-0.3, -0.25) is 4.79 Å². The second-order valence-corrected chi connectivity index (χ2v) is 4.65. The number of hydrogen-bond donors (Lipinski definition) is 2. The fraction of sp³-hybridized carbons (Fsp3) is 0.286. The SMILES string of the molecule is C=CCOCC(NC(=O)c1cc(Cl)ccc1OC(F)F)C(=O)O. The number of benzene rings is 1. The molecule has 1 atom stereocenters. The number of carbonyl (C=O) groups excluding carboxylic acids is 1. The molecular weight excluding hydrogens is 336 g/mol. The summed E-state index contributed by atoms with van der Waals surface area (Å²) in [6.45, 7) is 0.0263. The predicted octanol–water partition coefficient (Wildman–Crippen LogP) is 2.33. The molecule has 0 aliphatic rings. The Hall–Kier alpha value is -2.19. The fourth-order valence-electron chi connectivity index (χ4n) is 1.56. The minimum absolute atomic E-state index is 0.0938. The van der Waals surface area contributed by atoms with E-state index in [1.165, 1.54) is 12.1 Å². The molecule has 0 radical (unpaired) electrons. The number of hydrogen-bond acceptors (Lipinski definition) is 4. The molecule has 1 aromatic rings. The van der Waals surface area contributed by atoms with Crippen molar-refractivity contribution in [3.8, 4) is 5.75 Å². The van der Waals surface area contributed by atoms with E-state index in [0.29, 0.717) is 0 Å². The van der Waals surface area contributed by atoms with Gasteiger partial charge in [0.2, 0.25) is 0 Å². The highest BCUT2D eigenvalue weighted by atomic mass is 35.5. The van der Waals surface area contributed by atoms with Gasteiger partial charge in [-0.15, -0.1) is 6.58 Å².